The molecule has 0 aromatic heterocycles. The first-order chi connectivity index (χ1) is 9.27. The van der Waals surface area contributed by atoms with Gasteiger partial charge in [0.05, 0.1) is 20.1 Å². The summed E-state index contributed by atoms with van der Waals surface area (Å²) in [4.78, 5) is 12.4. The van der Waals surface area contributed by atoms with Crippen LogP contribution in [0, 0.1) is 16.7 Å². The molecular weight excluding hydrogens is 286 g/mol. The lowest BCUT2D eigenvalue weighted by atomic mass is 9.70. The van der Waals surface area contributed by atoms with E-state index in [1.165, 1.54) is 25.7 Å². The molecule has 3 atom stereocenters. The zero-order chi connectivity index (χ0) is 14.6. The summed E-state index contributed by atoms with van der Waals surface area (Å²) < 4.78 is 6.84. The highest BCUT2D eigenvalue weighted by Gasteiger charge is 2.63. The van der Waals surface area contributed by atoms with Crippen LogP contribution in [0.1, 0.15) is 52.9 Å². The van der Waals surface area contributed by atoms with E-state index in [1.807, 2.05) is 0 Å². The summed E-state index contributed by atoms with van der Waals surface area (Å²) >= 11 is 0. The average Bonchev–Trinajstić information content (AvgIpc) is 2.91. The molecule has 0 N–H and O–H groups in total. The molecule has 0 spiro atoms. The highest BCUT2D eigenvalue weighted by molar-refractivity contribution is 5.71. The maximum Gasteiger partial charge on any atom is 0.362 e. The van der Waals surface area contributed by atoms with Crippen molar-refractivity contribution in [3.63, 3.8) is 0 Å². The lowest BCUT2D eigenvalue weighted by Crippen LogP contribution is -3.00. The molecule has 3 unspecified atom stereocenters. The van der Waals surface area contributed by atoms with Gasteiger partial charge >= 0.3 is 5.97 Å². The van der Waals surface area contributed by atoms with Gasteiger partial charge < -0.3 is 21.6 Å². The van der Waals surface area contributed by atoms with Crippen molar-refractivity contribution in [2.24, 2.45) is 16.7 Å². The Labute approximate surface area is 135 Å². The molecular formula is C17H30ClNO2. The molecule has 3 nitrogen and oxygen atoms in total. The fourth-order valence-corrected chi connectivity index (χ4v) is 5.07. The lowest BCUT2D eigenvalue weighted by Gasteiger charge is -2.38. The highest BCUT2D eigenvalue weighted by Crippen LogP contribution is 2.66. The van der Waals surface area contributed by atoms with Crippen molar-refractivity contribution in [3.05, 3.63) is 0 Å². The smallest absolute Gasteiger partial charge is 0.362 e. The SMILES string of the molecule is CC1(C)C2CCC1(C)C(OC(=O)C[N+]1(C)CCCC1)C2.[Cl-]. The van der Waals surface area contributed by atoms with E-state index in [4.69, 9.17) is 4.74 Å². The number of quaternary nitrogens is 1. The van der Waals surface area contributed by atoms with Crippen LogP contribution in [0.5, 0.6) is 0 Å². The van der Waals surface area contributed by atoms with Crippen LogP contribution in [0.25, 0.3) is 0 Å². The molecule has 0 aromatic carbocycles. The molecule has 3 aliphatic rings. The minimum Gasteiger partial charge on any atom is -1.00 e. The summed E-state index contributed by atoms with van der Waals surface area (Å²) in [6.07, 6.45) is 6.26. The van der Waals surface area contributed by atoms with Gasteiger partial charge in [0, 0.05) is 18.3 Å². The van der Waals surface area contributed by atoms with Crippen LogP contribution < -0.4 is 12.4 Å². The highest BCUT2D eigenvalue weighted by atomic mass is 35.5. The van der Waals surface area contributed by atoms with E-state index in [2.05, 4.69) is 27.8 Å². The fourth-order valence-electron chi connectivity index (χ4n) is 5.07. The van der Waals surface area contributed by atoms with E-state index in [0.717, 1.165) is 29.9 Å². The van der Waals surface area contributed by atoms with Gasteiger partial charge in [0.25, 0.3) is 0 Å². The van der Waals surface area contributed by atoms with Gasteiger partial charge in [0.1, 0.15) is 6.10 Å². The fraction of sp³-hybridized carbons (Fsp3) is 0.941. The van der Waals surface area contributed by atoms with Gasteiger partial charge in [-0.15, -0.1) is 0 Å². The Balaban J connectivity index is 0.00000161. The van der Waals surface area contributed by atoms with E-state index in [1.54, 1.807) is 0 Å². The van der Waals surface area contributed by atoms with Crippen molar-refractivity contribution in [3.8, 4) is 0 Å². The standard InChI is InChI=1S/C17H30NO2.ClH/c1-16(2)13-7-8-17(16,3)14(11-13)20-15(19)12-18(4)9-5-6-10-18;/h13-14H,5-12H2,1-4H3;1H/q+1;/p-1. The quantitative estimate of drug-likeness (QED) is 0.541. The number of fused-ring (bicyclic) bond motifs is 2. The van der Waals surface area contributed by atoms with Crippen molar-refractivity contribution < 1.29 is 26.4 Å². The number of esters is 1. The van der Waals surface area contributed by atoms with Gasteiger partial charge in [-0.3, -0.25) is 0 Å². The first-order valence-electron chi connectivity index (χ1n) is 8.30. The van der Waals surface area contributed by atoms with E-state index in [-0.39, 0.29) is 29.9 Å². The summed E-state index contributed by atoms with van der Waals surface area (Å²) in [7, 11) is 2.20. The third-order valence-electron chi connectivity index (χ3n) is 7.14. The van der Waals surface area contributed by atoms with Crippen molar-refractivity contribution >= 4 is 5.97 Å². The first-order valence-corrected chi connectivity index (χ1v) is 8.30. The van der Waals surface area contributed by atoms with Crippen LogP contribution in [0.4, 0.5) is 0 Å². The van der Waals surface area contributed by atoms with E-state index >= 15 is 0 Å². The van der Waals surface area contributed by atoms with Crippen LogP contribution in [0.2, 0.25) is 0 Å². The number of halogens is 1. The third kappa shape index (κ3) is 2.61. The number of carbonyl (C=O) groups is 1. The number of likely N-dealkylation sites (N-methyl/N-ethyl adjacent to an activating group) is 1. The Kier molecular flexibility index (Phi) is 4.41. The molecule has 0 amide bonds. The number of nitrogens with zero attached hydrogens (tertiary/aromatic N) is 1. The van der Waals surface area contributed by atoms with Crippen LogP contribution in [0.15, 0.2) is 0 Å². The monoisotopic (exact) mass is 315 g/mol. The minimum absolute atomic E-state index is 0. The van der Waals surface area contributed by atoms with E-state index in [9.17, 15) is 4.79 Å². The Bertz CT molecular complexity index is 417. The van der Waals surface area contributed by atoms with Gasteiger partial charge in [0.15, 0.2) is 6.54 Å². The number of rotatable bonds is 3. The molecule has 2 aliphatic carbocycles. The van der Waals surface area contributed by atoms with Gasteiger partial charge in [-0.05, 0) is 30.6 Å². The summed E-state index contributed by atoms with van der Waals surface area (Å²) in [5.41, 5.74) is 0.515. The largest absolute Gasteiger partial charge is 1.00 e. The average molecular weight is 316 g/mol. The molecule has 4 heteroatoms. The van der Waals surface area contributed by atoms with Gasteiger partial charge in [-0.1, -0.05) is 20.8 Å². The van der Waals surface area contributed by atoms with Crippen molar-refractivity contribution in [1.82, 2.24) is 0 Å². The first kappa shape index (κ1) is 17.1. The normalized spacial score (nSPS) is 39.0. The summed E-state index contributed by atoms with van der Waals surface area (Å²) in [6, 6.07) is 0. The molecule has 1 saturated heterocycles. The Morgan fingerprint density at radius 1 is 1.24 bits per heavy atom. The molecule has 3 fully saturated rings. The van der Waals surface area contributed by atoms with Crippen molar-refractivity contribution in [1.29, 1.82) is 0 Å². The lowest BCUT2D eigenvalue weighted by molar-refractivity contribution is -0.890. The molecule has 122 valence electrons. The van der Waals surface area contributed by atoms with Crippen LogP contribution in [0.3, 0.4) is 0 Å². The maximum absolute atomic E-state index is 12.4. The number of carbonyl (C=O) groups excluding carboxylic acids is 1. The predicted molar refractivity (Wildman–Crippen MR) is 79.1 cm³/mol. The number of hydrogen-bond acceptors (Lipinski definition) is 2. The number of hydrogen-bond donors (Lipinski definition) is 0. The second-order valence-electron chi connectivity index (χ2n) is 8.52. The molecule has 2 bridgehead atoms. The summed E-state index contributed by atoms with van der Waals surface area (Å²) in [6.45, 7) is 9.90. The van der Waals surface area contributed by atoms with Crippen LogP contribution >= 0.6 is 0 Å². The maximum atomic E-state index is 12.4. The third-order valence-corrected chi connectivity index (χ3v) is 7.14. The van der Waals surface area contributed by atoms with Crippen LogP contribution in [-0.4, -0.2) is 43.2 Å². The zero-order valence-electron chi connectivity index (χ0n) is 14.0. The van der Waals surface area contributed by atoms with Crippen molar-refractivity contribution in [2.45, 2.75) is 59.0 Å². The molecule has 0 radical (unpaired) electrons. The molecule has 3 rings (SSSR count). The molecule has 2 saturated carbocycles. The van der Waals surface area contributed by atoms with Gasteiger partial charge in [-0.25, -0.2) is 4.79 Å². The molecule has 0 aromatic rings. The Morgan fingerprint density at radius 2 is 1.86 bits per heavy atom. The second kappa shape index (κ2) is 5.42. The van der Waals surface area contributed by atoms with Gasteiger partial charge in [0.2, 0.25) is 0 Å². The Morgan fingerprint density at radius 3 is 2.33 bits per heavy atom. The van der Waals surface area contributed by atoms with Crippen LogP contribution in [-0.2, 0) is 9.53 Å². The van der Waals surface area contributed by atoms with E-state index in [0.29, 0.717) is 12.0 Å². The minimum atomic E-state index is 0. The Hall–Kier alpha value is -0.280. The molecule has 1 aliphatic heterocycles. The number of ether oxygens (including phenoxy) is 1. The zero-order valence-corrected chi connectivity index (χ0v) is 14.7. The van der Waals surface area contributed by atoms with Crippen molar-refractivity contribution in [2.75, 3.05) is 26.7 Å². The summed E-state index contributed by atoms with van der Waals surface area (Å²) in [5.74, 6) is 0.769. The predicted octanol–water partition coefficient (Wildman–Crippen LogP) is -0.0112. The molecule has 21 heavy (non-hydrogen) atoms. The number of likely N-dealkylation sites (tertiary alicyclic amines) is 1. The second-order valence-corrected chi connectivity index (χ2v) is 8.52. The van der Waals surface area contributed by atoms with Gasteiger partial charge in [-0.2, -0.15) is 0 Å². The van der Waals surface area contributed by atoms with E-state index < -0.39 is 0 Å². The summed E-state index contributed by atoms with van der Waals surface area (Å²) in [5, 5.41) is 0. The molecule has 1 heterocycles. The topological polar surface area (TPSA) is 26.3 Å².